The molecule has 1 aliphatic rings. The molecule has 0 saturated carbocycles. The van der Waals surface area contributed by atoms with Crippen LogP contribution in [0, 0.1) is 5.41 Å². The number of ether oxygens (including phenoxy) is 1. The molecule has 1 aliphatic heterocycles. The summed E-state index contributed by atoms with van der Waals surface area (Å²) < 4.78 is 5.50. The van der Waals surface area contributed by atoms with Gasteiger partial charge in [-0.2, -0.15) is 0 Å². The quantitative estimate of drug-likeness (QED) is 0.414. The van der Waals surface area contributed by atoms with Crippen molar-refractivity contribution in [2.45, 2.75) is 25.9 Å². The fourth-order valence-corrected chi connectivity index (χ4v) is 3.00. The van der Waals surface area contributed by atoms with Gasteiger partial charge in [0, 0.05) is 36.7 Å². The van der Waals surface area contributed by atoms with Gasteiger partial charge in [0.05, 0.1) is 19.3 Å². The van der Waals surface area contributed by atoms with E-state index in [1.54, 1.807) is 12.1 Å². The van der Waals surface area contributed by atoms with Crippen LogP contribution in [0.5, 0.6) is 0 Å². The van der Waals surface area contributed by atoms with Gasteiger partial charge in [-0.3, -0.25) is 4.99 Å². The average molecular weight is 370 g/mol. The average Bonchev–Trinajstić information content (AvgIpc) is 3.07. The minimum atomic E-state index is -0.651. The van der Waals surface area contributed by atoms with Crippen LogP contribution in [0.3, 0.4) is 0 Å². The number of aliphatic imine (C=N–C) groups is 1. The molecule has 1 saturated heterocycles. The maximum atomic E-state index is 10.3. The number of aliphatic hydroxyl groups excluding tert-OH is 2. The number of guanidine groups is 1. The zero-order chi connectivity index (χ0) is 18.1. The van der Waals surface area contributed by atoms with E-state index in [2.05, 4.69) is 15.6 Å². The summed E-state index contributed by atoms with van der Waals surface area (Å²) in [7, 11) is 0. The largest absolute Gasteiger partial charge is 0.396 e. The van der Waals surface area contributed by atoms with Gasteiger partial charge in [0.1, 0.15) is 0 Å². The van der Waals surface area contributed by atoms with Gasteiger partial charge in [-0.25, -0.2) is 0 Å². The van der Waals surface area contributed by atoms with Gasteiger partial charge >= 0.3 is 0 Å². The minimum Gasteiger partial charge on any atom is -0.396 e. The minimum absolute atomic E-state index is 0.0914. The van der Waals surface area contributed by atoms with Gasteiger partial charge in [-0.15, -0.1) is 0 Å². The van der Waals surface area contributed by atoms with Crippen molar-refractivity contribution in [3.05, 3.63) is 34.9 Å². The van der Waals surface area contributed by atoms with Crippen LogP contribution in [-0.2, 0) is 4.74 Å². The van der Waals surface area contributed by atoms with Gasteiger partial charge in [-0.1, -0.05) is 23.7 Å². The van der Waals surface area contributed by atoms with Crippen molar-refractivity contribution in [1.29, 1.82) is 0 Å². The van der Waals surface area contributed by atoms with E-state index in [0.717, 1.165) is 25.1 Å². The molecule has 0 bridgehead atoms. The Morgan fingerprint density at radius 3 is 2.72 bits per heavy atom. The predicted molar refractivity (Wildman–Crippen MR) is 100.0 cm³/mol. The van der Waals surface area contributed by atoms with Gasteiger partial charge in [-0.05, 0) is 37.5 Å². The number of rotatable bonds is 8. The summed E-state index contributed by atoms with van der Waals surface area (Å²) in [5.74, 6) is 0.653. The van der Waals surface area contributed by atoms with Crippen LogP contribution in [-0.4, -0.2) is 55.6 Å². The molecule has 7 heteroatoms. The topological polar surface area (TPSA) is 86.1 Å². The Morgan fingerprint density at radius 1 is 1.36 bits per heavy atom. The Balaban J connectivity index is 1.93. The second-order valence-corrected chi connectivity index (χ2v) is 6.86. The lowest BCUT2D eigenvalue weighted by Crippen LogP contribution is -2.40. The molecule has 0 radical (unpaired) electrons. The standard InChI is InChI=1S/C18H28ClN3O3/c1-2-20-17(22-12-18(7-9-23)8-10-25-13-18)21-11-16(24)14-3-5-15(19)6-4-14/h3-6,16,23-24H,2,7-13H2,1H3,(H2,20,21,22). The summed E-state index contributed by atoms with van der Waals surface area (Å²) in [5, 5.41) is 26.6. The number of hydrogen-bond acceptors (Lipinski definition) is 4. The van der Waals surface area contributed by atoms with E-state index < -0.39 is 6.10 Å². The highest BCUT2D eigenvalue weighted by Crippen LogP contribution is 2.32. The molecule has 0 amide bonds. The molecular weight excluding hydrogens is 342 g/mol. The maximum Gasteiger partial charge on any atom is 0.191 e. The summed E-state index contributed by atoms with van der Waals surface area (Å²) in [6.45, 7) is 5.13. The highest BCUT2D eigenvalue weighted by Gasteiger charge is 2.34. The fraction of sp³-hybridized carbons (Fsp3) is 0.611. The van der Waals surface area contributed by atoms with Crippen LogP contribution in [0.25, 0.3) is 0 Å². The third kappa shape index (κ3) is 6.15. The monoisotopic (exact) mass is 369 g/mol. The first-order valence-electron chi connectivity index (χ1n) is 8.73. The number of nitrogens with zero attached hydrogens (tertiary/aromatic N) is 1. The van der Waals surface area contributed by atoms with Crippen LogP contribution < -0.4 is 10.6 Å². The van der Waals surface area contributed by atoms with Gasteiger partial charge < -0.3 is 25.6 Å². The first-order chi connectivity index (χ1) is 12.1. The Labute approximate surface area is 154 Å². The number of benzene rings is 1. The molecule has 6 nitrogen and oxygen atoms in total. The zero-order valence-corrected chi connectivity index (χ0v) is 15.4. The van der Waals surface area contributed by atoms with Crippen LogP contribution in [0.4, 0.5) is 0 Å². The number of hydrogen-bond donors (Lipinski definition) is 4. The SMILES string of the molecule is CCNC(=NCC1(CCO)CCOC1)NCC(O)c1ccc(Cl)cc1. The van der Waals surface area contributed by atoms with Crippen LogP contribution >= 0.6 is 11.6 Å². The van der Waals surface area contributed by atoms with Gasteiger partial charge in [0.25, 0.3) is 0 Å². The smallest absolute Gasteiger partial charge is 0.191 e. The lowest BCUT2D eigenvalue weighted by molar-refractivity contribution is 0.131. The summed E-state index contributed by atoms with van der Waals surface area (Å²) in [5.41, 5.74) is 0.708. The third-order valence-corrected chi connectivity index (χ3v) is 4.71. The van der Waals surface area contributed by atoms with Crippen molar-refractivity contribution in [2.24, 2.45) is 10.4 Å². The molecule has 1 fully saturated rings. The summed E-state index contributed by atoms with van der Waals surface area (Å²) in [6, 6.07) is 7.14. The highest BCUT2D eigenvalue weighted by atomic mass is 35.5. The molecule has 2 rings (SSSR count). The number of aliphatic hydroxyl groups is 2. The van der Waals surface area contributed by atoms with Crippen LogP contribution in [0.1, 0.15) is 31.4 Å². The Hall–Kier alpha value is -1.34. The molecule has 25 heavy (non-hydrogen) atoms. The molecular formula is C18H28ClN3O3. The molecule has 2 atom stereocenters. The van der Waals surface area contributed by atoms with Crippen molar-refractivity contribution in [2.75, 3.05) is 39.5 Å². The van der Waals surface area contributed by atoms with Crippen molar-refractivity contribution < 1.29 is 14.9 Å². The molecule has 0 aliphatic carbocycles. The lowest BCUT2D eigenvalue weighted by atomic mass is 9.84. The number of nitrogens with one attached hydrogen (secondary N) is 2. The zero-order valence-electron chi connectivity index (χ0n) is 14.7. The Kier molecular flexibility index (Phi) is 7.96. The molecule has 1 aromatic carbocycles. The van der Waals surface area contributed by atoms with E-state index in [4.69, 9.17) is 16.3 Å². The second kappa shape index (κ2) is 9.97. The van der Waals surface area contributed by atoms with Crippen molar-refractivity contribution in [3.63, 3.8) is 0 Å². The van der Waals surface area contributed by atoms with E-state index in [0.29, 0.717) is 37.1 Å². The molecule has 1 heterocycles. The number of halogens is 1. The molecule has 2 unspecified atom stereocenters. The molecule has 1 aromatic rings. The lowest BCUT2D eigenvalue weighted by Gasteiger charge is -2.25. The van der Waals surface area contributed by atoms with Gasteiger partial charge in [0.15, 0.2) is 5.96 Å². The van der Waals surface area contributed by atoms with E-state index in [-0.39, 0.29) is 12.0 Å². The van der Waals surface area contributed by atoms with Crippen molar-refractivity contribution >= 4 is 17.6 Å². The van der Waals surface area contributed by atoms with Crippen LogP contribution in [0.2, 0.25) is 5.02 Å². The maximum absolute atomic E-state index is 10.3. The first-order valence-corrected chi connectivity index (χ1v) is 9.11. The molecule has 140 valence electrons. The third-order valence-electron chi connectivity index (χ3n) is 4.46. The van der Waals surface area contributed by atoms with Crippen LogP contribution in [0.15, 0.2) is 29.3 Å². The first kappa shape index (κ1) is 20.0. The fourth-order valence-electron chi connectivity index (χ4n) is 2.87. The summed E-state index contributed by atoms with van der Waals surface area (Å²) in [4.78, 5) is 4.64. The van der Waals surface area contributed by atoms with E-state index in [1.807, 2.05) is 19.1 Å². The van der Waals surface area contributed by atoms with Gasteiger partial charge in [0.2, 0.25) is 0 Å². The Morgan fingerprint density at radius 2 is 2.12 bits per heavy atom. The summed E-state index contributed by atoms with van der Waals surface area (Å²) in [6.07, 6.45) is 0.940. The van der Waals surface area contributed by atoms with Crippen molar-refractivity contribution in [1.82, 2.24) is 10.6 Å². The normalized spacial score (nSPS) is 22.0. The molecule has 0 aromatic heterocycles. The van der Waals surface area contributed by atoms with E-state index in [1.165, 1.54) is 0 Å². The second-order valence-electron chi connectivity index (χ2n) is 6.42. The Bertz CT molecular complexity index is 545. The molecule has 4 N–H and O–H groups in total. The predicted octanol–water partition coefficient (Wildman–Crippen LogP) is 1.72. The summed E-state index contributed by atoms with van der Waals surface area (Å²) >= 11 is 5.87. The molecule has 0 spiro atoms. The van der Waals surface area contributed by atoms with E-state index >= 15 is 0 Å². The van der Waals surface area contributed by atoms with Crippen molar-refractivity contribution in [3.8, 4) is 0 Å². The van der Waals surface area contributed by atoms with E-state index in [9.17, 15) is 10.2 Å². The highest BCUT2D eigenvalue weighted by molar-refractivity contribution is 6.30.